The molecule has 3 heteroatoms. The van der Waals surface area contributed by atoms with Crippen LogP contribution in [0.3, 0.4) is 0 Å². The van der Waals surface area contributed by atoms with E-state index in [0.29, 0.717) is 11.3 Å². The predicted molar refractivity (Wildman–Crippen MR) is 76.7 cm³/mol. The molecule has 0 bridgehead atoms. The van der Waals surface area contributed by atoms with Crippen molar-refractivity contribution in [2.75, 3.05) is 6.54 Å². The van der Waals surface area contributed by atoms with Crippen molar-refractivity contribution >= 4 is 16.9 Å². The molecule has 2 rings (SSSR count). The Bertz CT molecular complexity index is 414. The summed E-state index contributed by atoms with van der Waals surface area (Å²) in [5, 5.41) is 5.29. The first kappa shape index (κ1) is 12.5. The van der Waals surface area contributed by atoms with Crippen LogP contribution in [0.5, 0.6) is 0 Å². The maximum Gasteiger partial charge on any atom is 0.157 e. The van der Waals surface area contributed by atoms with Gasteiger partial charge < -0.3 is 5.32 Å². The minimum atomic E-state index is 0.332. The summed E-state index contributed by atoms with van der Waals surface area (Å²) in [6, 6.07) is 8.86. The zero-order chi connectivity index (χ0) is 12.3. The number of benzene rings is 1. The summed E-state index contributed by atoms with van der Waals surface area (Å²) < 4.78 is 0. The van der Waals surface area contributed by atoms with Gasteiger partial charge in [0.1, 0.15) is 0 Å². The lowest BCUT2D eigenvalue weighted by Crippen LogP contribution is -2.23. The number of hydrogen-bond acceptors (Lipinski definition) is 3. The summed E-state index contributed by atoms with van der Waals surface area (Å²) in [5.74, 6) is 0. The van der Waals surface area contributed by atoms with E-state index in [0.717, 1.165) is 11.7 Å². The second kappa shape index (κ2) is 5.58. The predicted octanol–water partition coefficient (Wildman–Crippen LogP) is 3.53. The Hall–Kier alpha value is -0.960. The van der Waals surface area contributed by atoms with Crippen LogP contribution in [-0.2, 0) is 0 Å². The van der Waals surface area contributed by atoms with Gasteiger partial charge >= 0.3 is 0 Å². The molecule has 0 saturated carbocycles. The number of aryl methyl sites for hydroxylation is 1. The minimum Gasteiger partial charge on any atom is -0.358 e. The van der Waals surface area contributed by atoms with Crippen LogP contribution < -0.4 is 5.32 Å². The average Bonchev–Trinajstić information content (AvgIpc) is 2.77. The number of nitrogens with zero attached hydrogens (tertiary/aromatic N) is 1. The van der Waals surface area contributed by atoms with Crippen molar-refractivity contribution in [2.45, 2.75) is 38.5 Å². The van der Waals surface area contributed by atoms with E-state index >= 15 is 0 Å². The maximum atomic E-state index is 4.55. The Labute approximate surface area is 108 Å². The SMILES string of the molecule is CCC1CN=C(NC(C)c2ccccc2C)S1. The molecule has 0 fully saturated rings. The van der Waals surface area contributed by atoms with Crippen molar-refractivity contribution < 1.29 is 0 Å². The Morgan fingerprint density at radius 1 is 1.47 bits per heavy atom. The number of nitrogens with one attached hydrogen (secondary N) is 1. The van der Waals surface area contributed by atoms with Gasteiger partial charge in [-0.2, -0.15) is 0 Å². The number of aliphatic imine (C=N–C) groups is 1. The third-order valence-electron chi connectivity index (χ3n) is 3.17. The lowest BCUT2D eigenvalue weighted by Gasteiger charge is -2.17. The monoisotopic (exact) mass is 248 g/mol. The molecule has 92 valence electrons. The lowest BCUT2D eigenvalue weighted by atomic mass is 10.0. The molecule has 1 heterocycles. The molecule has 17 heavy (non-hydrogen) atoms. The van der Waals surface area contributed by atoms with Gasteiger partial charge in [0.25, 0.3) is 0 Å². The van der Waals surface area contributed by atoms with Crippen LogP contribution in [0, 0.1) is 6.92 Å². The highest BCUT2D eigenvalue weighted by atomic mass is 32.2. The normalized spacial score (nSPS) is 21.1. The number of amidine groups is 1. The van der Waals surface area contributed by atoms with Crippen LogP contribution in [0.15, 0.2) is 29.3 Å². The quantitative estimate of drug-likeness (QED) is 0.885. The highest BCUT2D eigenvalue weighted by Gasteiger charge is 2.19. The first-order valence-corrected chi connectivity index (χ1v) is 7.11. The molecule has 2 unspecified atom stereocenters. The topological polar surface area (TPSA) is 24.4 Å². The number of hydrogen-bond donors (Lipinski definition) is 1. The van der Waals surface area contributed by atoms with Gasteiger partial charge in [-0.15, -0.1) is 0 Å². The first-order valence-electron chi connectivity index (χ1n) is 6.24. The summed E-state index contributed by atoms with van der Waals surface area (Å²) in [4.78, 5) is 4.55. The average molecular weight is 248 g/mol. The molecule has 0 aromatic heterocycles. The van der Waals surface area contributed by atoms with Crippen LogP contribution >= 0.6 is 11.8 Å². The molecule has 1 aromatic carbocycles. The number of rotatable bonds is 3. The lowest BCUT2D eigenvalue weighted by molar-refractivity contribution is 0.717. The summed E-state index contributed by atoms with van der Waals surface area (Å²) in [6.45, 7) is 7.54. The van der Waals surface area contributed by atoms with Crippen molar-refractivity contribution in [1.29, 1.82) is 0 Å². The van der Waals surface area contributed by atoms with Gasteiger partial charge in [0.2, 0.25) is 0 Å². The van der Waals surface area contributed by atoms with E-state index in [1.165, 1.54) is 17.5 Å². The Morgan fingerprint density at radius 3 is 2.88 bits per heavy atom. The molecular weight excluding hydrogens is 228 g/mol. The van der Waals surface area contributed by atoms with Crippen LogP contribution in [0.1, 0.15) is 37.4 Å². The molecule has 0 amide bonds. The molecule has 2 nitrogen and oxygen atoms in total. The van der Waals surface area contributed by atoms with Gasteiger partial charge in [0.15, 0.2) is 5.17 Å². The molecule has 2 atom stereocenters. The fraction of sp³-hybridized carbons (Fsp3) is 0.500. The highest BCUT2D eigenvalue weighted by Crippen LogP contribution is 2.25. The minimum absolute atomic E-state index is 0.332. The van der Waals surface area contributed by atoms with Gasteiger partial charge in [0.05, 0.1) is 12.6 Å². The first-order chi connectivity index (χ1) is 8.20. The van der Waals surface area contributed by atoms with Gasteiger partial charge in [-0.05, 0) is 31.4 Å². The van der Waals surface area contributed by atoms with Crippen molar-refractivity contribution in [3.8, 4) is 0 Å². The number of thioether (sulfide) groups is 1. The zero-order valence-electron chi connectivity index (χ0n) is 10.7. The van der Waals surface area contributed by atoms with E-state index < -0.39 is 0 Å². The van der Waals surface area contributed by atoms with Crippen LogP contribution in [0.25, 0.3) is 0 Å². The second-order valence-electron chi connectivity index (χ2n) is 4.52. The van der Waals surface area contributed by atoms with Crippen molar-refractivity contribution in [2.24, 2.45) is 4.99 Å². The third kappa shape index (κ3) is 3.03. The van der Waals surface area contributed by atoms with Crippen LogP contribution in [0.4, 0.5) is 0 Å². The van der Waals surface area contributed by atoms with Crippen LogP contribution in [-0.4, -0.2) is 17.0 Å². The Morgan fingerprint density at radius 2 is 2.24 bits per heavy atom. The molecule has 0 spiro atoms. The van der Waals surface area contributed by atoms with E-state index in [4.69, 9.17) is 0 Å². The van der Waals surface area contributed by atoms with Crippen molar-refractivity contribution in [3.05, 3.63) is 35.4 Å². The Balaban J connectivity index is 1.99. The van der Waals surface area contributed by atoms with Crippen molar-refractivity contribution in [3.63, 3.8) is 0 Å². The standard InChI is InChI=1S/C14H20N2S/c1-4-12-9-15-14(17-12)16-11(3)13-8-6-5-7-10(13)2/h5-8,11-12H,4,9H2,1-3H3,(H,15,16). The zero-order valence-corrected chi connectivity index (χ0v) is 11.6. The van der Waals surface area contributed by atoms with Gasteiger partial charge in [-0.1, -0.05) is 43.0 Å². The summed E-state index contributed by atoms with van der Waals surface area (Å²) in [7, 11) is 0. The van der Waals surface area contributed by atoms with E-state index in [2.05, 4.69) is 55.3 Å². The summed E-state index contributed by atoms with van der Waals surface area (Å²) in [5.41, 5.74) is 2.69. The summed E-state index contributed by atoms with van der Waals surface area (Å²) >= 11 is 1.88. The van der Waals surface area contributed by atoms with Crippen LogP contribution in [0.2, 0.25) is 0 Å². The highest BCUT2D eigenvalue weighted by molar-refractivity contribution is 8.14. The molecule has 1 aliphatic rings. The van der Waals surface area contributed by atoms with Gasteiger partial charge in [-0.3, -0.25) is 4.99 Å². The van der Waals surface area contributed by atoms with Crippen molar-refractivity contribution in [1.82, 2.24) is 5.32 Å². The fourth-order valence-corrected chi connectivity index (χ4v) is 3.07. The summed E-state index contributed by atoms with van der Waals surface area (Å²) in [6.07, 6.45) is 1.19. The second-order valence-corrected chi connectivity index (χ2v) is 5.81. The molecular formula is C14H20N2S. The Kier molecular flexibility index (Phi) is 4.11. The van der Waals surface area contributed by atoms with E-state index in [9.17, 15) is 0 Å². The molecule has 1 aliphatic heterocycles. The molecule has 1 N–H and O–H groups in total. The smallest absolute Gasteiger partial charge is 0.157 e. The largest absolute Gasteiger partial charge is 0.358 e. The van der Waals surface area contributed by atoms with E-state index in [1.807, 2.05) is 11.8 Å². The van der Waals surface area contributed by atoms with Gasteiger partial charge in [-0.25, -0.2) is 0 Å². The molecule has 0 aliphatic carbocycles. The molecule has 1 aromatic rings. The van der Waals surface area contributed by atoms with Gasteiger partial charge in [0, 0.05) is 5.25 Å². The third-order valence-corrected chi connectivity index (χ3v) is 4.45. The fourth-order valence-electron chi connectivity index (χ4n) is 2.04. The van der Waals surface area contributed by atoms with E-state index in [-0.39, 0.29) is 0 Å². The molecule has 0 saturated heterocycles. The molecule has 0 radical (unpaired) electrons. The van der Waals surface area contributed by atoms with E-state index in [1.54, 1.807) is 0 Å². The maximum absolute atomic E-state index is 4.55.